The first-order valence-electron chi connectivity index (χ1n) is 13.2. The van der Waals surface area contributed by atoms with E-state index in [4.69, 9.17) is 4.74 Å². The van der Waals surface area contributed by atoms with E-state index in [2.05, 4.69) is 29.5 Å². The summed E-state index contributed by atoms with van der Waals surface area (Å²) in [6, 6.07) is 18.3. The molecule has 8 nitrogen and oxygen atoms in total. The average molecular weight is 531 g/mol. The smallest absolute Gasteiger partial charge is 0.408 e. The summed E-state index contributed by atoms with van der Waals surface area (Å²) >= 11 is 0. The molecular formula is C31H38N4O4. The predicted octanol–water partition coefficient (Wildman–Crippen LogP) is 4.53. The van der Waals surface area contributed by atoms with Gasteiger partial charge >= 0.3 is 6.09 Å². The van der Waals surface area contributed by atoms with Gasteiger partial charge in [-0.1, -0.05) is 92.7 Å². The van der Waals surface area contributed by atoms with Crippen molar-refractivity contribution in [1.29, 1.82) is 0 Å². The highest BCUT2D eigenvalue weighted by Gasteiger charge is 2.29. The Balaban J connectivity index is 1.66. The molecule has 2 aromatic rings. The molecular weight excluding hydrogens is 492 g/mol. The Bertz CT molecular complexity index is 1190. The van der Waals surface area contributed by atoms with Crippen LogP contribution in [0.1, 0.15) is 44.7 Å². The first-order valence-corrected chi connectivity index (χ1v) is 13.2. The van der Waals surface area contributed by atoms with Crippen LogP contribution in [0.2, 0.25) is 0 Å². The van der Waals surface area contributed by atoms with Gasteiger partial charge in [-0.2, -0.15) is 0 Å². The summed E-state index contributed by atoms with van der Waals surface area (Å²) in [7, 11) is 0. The molecule has 0 aliphatic carbocycles. The maximum Gasteiger partial charge on any atom is 0.408 e. The van der Waals surface area contributed by atoms with Crippen molar-refractivity contribution in [2.24, 2.45) is 4.99 Å². The number of ether oxygens (including phenoxy) is 1. The van der Waals surface area contributed by atoms with Crippen molar-refractivity contribution < 1.29 is 19.1 Å². The van der Waals surface area contributed by atoms with Gasteiger partial charge in [0.25, 0.3) is 0 Å². The molecule has 0 unspecified atom stereocenters. The molecule has 0 aromatic heterocycles. The van der Waals surface area contributed by atoms with Gasteiger partial charge in [0.05, 0.1) is 6.54 Å². The lowest BCUT2D eigenvalue weighted by molar-refractivity contribution is -0.137. The number of allylic oxidation sites excluding steroid dienone is 2. The number of carbonyl (C=O) groups is 3. The van der Waals surface area contributed by atoms with E-state index in [9.17, 15) is 14.4 Å². The minimum Gasteiger partial charge on any atom is -0.445 e. The van der Waals surface area contributed by atoms with Crippen molar-refractivity contribution in [2.45, 2.75) is 51.7 Å². The van der Waals surface area contributed by atoms with Crippen LogP contribution in [-0.2, 0) is 26.3 Å². The van der Waals surface area contributed by atoms with E-state index in [1.165, 1.54) is 4.90 Å². The lowest BCUT2D eigenvalue weighted by Gasteiger charge is -2.28. The number of nitrogens with one attached hydrogen (secondary N) is 2. The number of nitrogens with zero attached hydrogens (tertiary/aromatic N) is 2. The van der Waals surface area contributed by atoms with Crippen molar-refractivity contribution in [3.63, 3.8) is 0 Å². The van der Waals surface area contributed by atoms with Gasteiger partial charge in [0.2, 0.25) is 11.8 Å². The first kappa shape index (κ1) is 29.4. The summed E-state index contributed by atoms with van der Waals surface area (Å²) in [5.74, 6) is -0.661. The Kier molecular flexibility index (Phi) is 11.0. The quantitative estimate of drug-likeness (QED) is 0.372. The minimum absolute atomic E-state index is 0.0797. The van der Waals surface area contributed by atoms with Crippen LogP contribution in [0.15, 0.2) is 89.6 Å². The van der Waals surface area contributed by atoms with Crippen molar-refractivity contribution in [1.82, 2.24) is 15.5 Å². The lowest BCUT2D eigenvalue weighted by atomic mass is 9.84. The van der Waals surface area contributed by atoms with Gasteiger partial charge in [0.15, 0.2) is 0 Å². The number of benzene rings is 2. The molecule has 2 N–H and O–H groups in total. The zero-order valence-corrected chi connectivity index (χ0v) is 22.9. The Hall–Kier alpha value is -4.20. The van der Waals surface area contributed by atoms with Crippen molar-refractivity contribution in [2.75, 3.05) is 19.6 Å². The molecule has 0 saturated heterocycles. The normalized spacial score (nSPS) is 13.6. The molecule has 0 spiro atoms. The number of carbonyl (C=O) groups excluding carboxylic acids is 3. The molecule has 1 atom stereocenters. The van der Waals surface area contributed by atoms with Crippen LogP contribution in [0.5, 0.6) is 0 Å². The molecule has 3 amide bonds. The molecule has 1 heterocycles. The number of amides is 3. The fourth-order valence-corrected chi connectivity index (χ4v) is 4.09. The first-order chi connectivity index (χ1) is 18.8. The second-order valence-corrected chi connectivity index (χ2v) is 10.0. The van der Waals surface area contributed by atoms with E-state index in [1.54, 1.807) is 12.3 Å². The highest BCUT2D eigenvalue weighted by Crippen LogP contribution is 2.21. The Morgan fingerprint density at radius 2 is 1.77 bits per heavy atom. The fourth-order valence-electron chi connectivity index (χ4n) is 4.09. The number of alkyl carbamates (subject to hydrolysis) is 1. The van der Waals surface area contributed by atoms with E-state index in [0.717, 1.165) is 11.1 Å². The van der Waals surface area contributed by atoms with Crippen LogP contribution in [0.3, 0.4) is 0 Å². The van der Waals surface area contributed by atoms with E-state index < -0.39 is 12.1 Å². The number of rotatable bonds is 13. The number of hydrogen-bond acceptors (Lipinski definition) is 5. The zero-order chi connectivity index (χ0) is 28.1. The summed E-state index contributed by atoms with van der Waals surface area (Å²) in [6.45, 7) is 6.54. The summed E-state index contributed by atoms with van der Waals surface area (Å²) in [6.07, 6.45) is 7.45. The second-order valence-electron chi connectivity index (χ2n) is 10.0. The molecule has 0 saturated carbocycles. The standard InChI is InChI=1S/C31H38N4O4/c1-4-5-19-35(21-28(36)33-23-31(2,3)25-15-10-7-11-16-25)29(37)27(20-26-17-12-18-32-26)34-30(38)39-22-24-13-8-6-9-14-24/h4-11,13-18,27H,12,19-23H2,1-3H3,(H,33,36)(H,34,38)/b5-4+/t27-/m0/s1. The van der Waals surface area contributed by atoms with Crippen LogP contribution in [0, 0.1) is 0 Å². The molecule has 8 heteroatoms. The van der Waals surface area contributed by atoms with Crippen LogP contribution in [0.4, 0.5) is 4.79 Å². The Labute approximate surface area is 230 Å². The van der Waals surface area contributed by atoms with Gasteiger partial charge in [-0.15, -0.1) is 0 Å². The lowest BCUT2D eigenvalue weighted by Crippen LogP contribution is -2.52. The predicted molar refractivity (Wildman–Crippen MR) is 153 cm³/mol. The highest BCUT2D eigenvalue weighted by atomic mass is 16.5. The molecule has 1 aliphatic heterocycles. The third kappa shape index (κ3) is 9.56. The molecule has 3 rings (SSSR count). The van der Waals surface area contributed by atoms with E-state index in [0.29, 0.717) is 18.7 Å². The minimum atomic E-state index is -0.936. The topological polar surface area (TPSA) is 100 Å². The fraction of sp³-hybridized carbons (Fsp3) is 0.355. The van der Waals surface area contributed by atoms with Crippen LogP contribution in [0.25, 0.3) is 0 Å². The third-order valence-electron chi connectivity index (χ3n) is 6.42. The molecule has 0 fully saturated rings. The zero-order valence-electron chi connectivity index (χ0n) is 22.9. The molecule has 206 valence electrons. The monoisotopic (exact) mass is 530 g/mol. The second kappa shape index (κ2) is 14.7. The van der Waals surface area contributed by atoms with Gasteiger partial charge in [-0.3, -0.25) is 14.6 Å². The van der Waals surface area contributed by atoms with Gasteiger partial charge < -0.3 is 20.3 Å². The summed E-state index contributed by atoms with van der Waals surface area (Å²) < 4.78 is 5.36. The van der Waals surface area contributed by atoms with Gasteiger partial charge in [-0.25, -0.2) is 4.79 Å². The SMILES string of the molecule is C/C=C/CN(CC(=O)NCC(C)(C)c1ccccc1)C(=O)[C@H](CC1=CCC=N1)NC(=O)OCc1ccccc1. The van der Waals surface area contributed by atoms with E-state index >= 15 is 0 Å². The largest absolute Gasteiger partial charge is 0.445 e. The van der Waals surface area contributed by atoms with Crippen LogP contribution >= 0.6 is 0 Å². The van der Waals surface area contributed by atoms with Crippen LogP contribution in [-0.4, -0.2) is 54.7 Å². The van der Waals surface area contributed by atoms with Crippen LogP contribution < -0.4 is 10.6 Å². The molecule has 1 aliphatic rings. The summed E-state index contributed by atoms with van der Waals surface area (Å²) in [4.78, 5) is 45.0. The maximum atomic E-state index is 13.7. The maximum absolute atomic E-state index is 13.7. The molecule has 39 heavy (non-hydrogen) atoms. The summed E-state index contributed by atoms with van der Waals surface area (Å²) in [5.41, 5.74) is 2.37. The molecule has 2 aromatic carbocycles. The number of hydrogen-bond donors (Lipinski definition) is 2. The number of aliphatic imine (C=N–C) groups is 1. The van der Waals surface area contributed by atoms with E-state index in [-0.39, 0.29) is 43.3 Å². The molecule has 0 bridgehead atoms. The Morgan fingerprint density at radius 3 is 2.41 bits per heavy atom. The van der Waals surface area contributed by atoms with Crippen molar-refractivity contribution >= 4 is 24.1 Å². The molecule has 0 radical (unpaired) electrons. The highest BCUT2D eigenvalue weighted by molar-refractivity contribution is 5.90. The average Bonchev–Trinajstić information content (AvgIpc) is 3.46. The van der Waals surface area contributed by atoms with Gasteiger partial charge in [-0.05, 0) is 18.1 Å². The van der Waals surface area contributed by atoms with Crippen molar-refractivity contribution in [3.8, 4) is 0 Å². The van der Waals surface area contributed by atoms with Crippen molar-refractivity contribution in [3.05, 3.63) is 95.7 Å². The Morgan fingerprint density at radius 1 is 1.08 bits per heavy atom. The summed E-state index contributed by atoms with van der Waals surface area (Å²) in [5, 5.41) is 5.67. The van der Waals surface area contributed by atoms with Gasteiger partial charge in [0, 0.05) is 43.3 Å². The van der Waals surface area contributed by atoms with E-state index in [1.807, 2.05) is 79.7 Å². The van der Waals surface area contributed by atoms with Gasteiger partial charge in [0.1, 0.15) is 12.6 Å². The third-order valence-corrected chi connectivity index (χ3v) is 6.42.